The molecule has 9 nitrogen and oxygen atoms in total. The van der Waals surface area contributed by atoms with Crippen molar-refractivity contribution < 1.29 is 23.9 Å². The topological polar surface area (TPSA) is 120 Å². The summed E-state index contributed by atoms with van der Waals surface area (Å²) in [5, 5.41) is 14.1. The van der Waals surface area contributed by atoms with Crippen LogP contribution in [0.4, 0.5) is 10.1 Å². The number of carbonyl (C=O) groups is 3. The van der Waals surface area contributed by atoms with E-state index in [1.807, 2.05) is 6.92 Å². The van der Waals surface area contributed by atoms with Gasteiger partial charge in [-0.15, -0.1) is 21.5 Å². The summed E-state index contributed by atoms with van der Waals surface area (Å²) in [7, 11) is 0. The predicted molar refractivity (Wildman–Crippen MR) is 142 cm³/mol. The van der Waals surface area contributed by atoms with Crippen molar-refractivity contribution in [3.05, 3.63) is 45.8 Å². The third kappa shape index (κ3) is 5.88. The number of thiophene rings is 1. The first-order valence-corrected chi connectivity index (χ1v) is 14.1. The molecule has 2 N–H and O–H groups in total. The zero-order valence-electron chi connectivity index (χ0n) is 20.1. The van der Waals surface area contributed by atoms with Gasteiger partial charge in [0, 0.05) is 4.88 Å². The van der Waals surface area contributed by atoms with Crippen molar-refractivity contribution in [1.82, 2.24) is 10.2 Å². The van der Waals surface area contributed by atoms with E-state index in [2.05, 4.69) is 20.8 Å². The van der Waals surface area contributed by atoms with E-state index in [1.165, 1.54) is 34.4 Å². The SMILES string of the molecule is CCOC(=O)c1c(NC(=O)C(C)Sc2nnc(NC(=O)c3ccccc3OCC)s2)sc2c1CCC2. The molecule has 2 heterocycles. The summed E-state index contributed by atoms with van der Waals surface area (Å²) >= 11 is 3.85. The van der Waals surface area contributed by atoms with E-state index in [4.69, 9.17) is 9.47 Å². The van der Waals surface area contributed by atoms with Crippen molar-refractivity contribution in [1.29, 1.82) is 0 Å². The Kier molecular flexibility index (Phi) is 8.60. The number of esters is 1. The molecule has 36 heavy (non-hydrogen) atoms. The number of aryl methyl sites for hydroxylation is 1. The van der Waals surface area contributed by atoms with Gasteiger partial charge in [0.1, 0.15) is 10.8 Å². The van der Waals surface area contributed by atoms with Crippen molar-refractivity contribution in [2.45, 2.75) is 49.6 Å². The van der Waals surface area contributed by atoms with E-state index < -0.39 is 11.2 Å². The van der Waals surface area contributed by atoms with Crippen molar-refractivity contribution in [3.63, 3.8) is 0 Å². The molecule has 12 heteroatoms. The Balaban J connectivity index is 1.39. The monoisotopic (exact) mass is 546 g/mol. The van der Waals surface area contributed by atoms with E-state index in [9.17, 15) is 14.4 Å². The number of amides is 2. The maximum absolute atomic E-state index is 12.9. The van der Waals surface area contributed by atoms with Gasteiger partial charge in [0.15, 0.2) is 4.34 Å². The molecule has 0 bridgehead atoms. The molecule has 1 aliphatic carbocycles. The highest BCUT2D eigenvalue weighted by atomic mass is 32.2. The fraction of sp³-hybridized carbons (Fsp3) is 0.375. The van der Waals surface area contributed by atoms with E-state index in [1.54, 1.807) is 38.1 Å². The molecule has 0 saturated carbocycles. The molecule has 4 rings (SSSR count). The van der Waals surface area contributed by atoms with Crippen molar-refractivity contribution in [2.24, 2.45) is 0 Å². The molecule has 1 aliphatic rings. The summed E-state index contributed by atoms with van der Waals surface area (Å²) in [5.41, 5.74) is 1.87. The molecule has 0 fully saturated rings. The minimum atomic E-state index is -0.507. The standard InChI is InChI=1S/C24H26N4O5S3/c1-4-32-16-11-7-6-9-14(16)20(30)26-23-27-28-24(36-23)34-13(3)19(29)25-21-18(22(31)33-5-2)15-10-8-12-17(15)35-21/h6-7,9,11,13H,4-5,8,10,12H2,1-3H3,(H,25,29)(H,26,27,30). The van der Waals surface area contributed by atoms with Crippen LogP contribution in [-0.2, 0) is 22.4 Å². The molecule has 0 saturated heterocycles. The average molecular weight is 547 g/mol. The van der Waals surface area contributed by atoms with Gasteiger partial charge in [-0.2, -0.15) is 0 Å². The van der Waals surface area contributed by atoms with E-state index in [0.29, 0.717) is 38.0 Å². The van der Waals surface area contributed by atoms with Gasteiger partial charge >= 0.3 is 5.97 Å². The van der Waals surface area contributed by atoms with Gasteiger partial charge in [-0.3, -0.25) is 14.9 Å². The lowest BCUT2D eigenvalue weighted by atomic mass is 10.1. The molecule has 3 aromatic rings. The van der Waals surface area contributed by atoms with Crippen molar-refractivity contribution >= 4 is 62.4 Å². The minimum absolute atomic E-state index is 0.253. The van der Waals surface area contributed by atoms with Crippen LogP contribution in [0.1, 0.15) is 58.3 Å². The molecule has 2 aromatic heterocycles. The van der Waals surface area contributed by atoms with Crippen molar-refractivity contribution in [3.8, 4) is 5.75 Å². The first-order valence-electron chi connectivity index (χ1n) is 11.6. The van der Waals surface area contributed by atoms with Crippen LogP contribution >= 0.6 is 34.4 Å². The van der Waals surface area contributed by atoms with Crippen LogP contribution in [0, 0.1) is 0 Å². The number of aromatic nitrogens is 2. The molecule has 0 spiro atoms. The molecule has 190 valence electrons. The number of thioether (sulfide) groups is 1. The molecule has 0 aliphatic heterocycles. The Morgan fingerprint density at radius 3 is 2.67 bits per heavy atom. The van der Waals surface area contributed by atoms with Crippen LogP contribution in [0.15, 0.2) is 28.6 Å². The number of fused-ring (bicyclic) bond motifs is 1. The number of nitrogens with zero attached hydrogens (tertiary/aromatic N) is 2. The van der Waals surface area contributed by atoms with Crippen LogP contribution in [0.3, 0.4) is 0 Å². The Hall–Kier alpha value is -2.96. The number of hydrogen-bond donors (Lipinski definition) is 2. The Morgan fingerprint density at radius 2 is 1.89 bits per heavy atom. The quantitative estimate of drug-likeness (QED) is 0.206. The predicted octanol–water partition coefficient (Wildman–Crippen LogP) is 5.04. The second kappa shape index (κ2) is 11.8. The first kappa shape index (κ1) is 26.1. The zero-order chi connectivity index (χ0) is 25.7. The van der Waals surface area contributed by atoms with E-state index in [0.717, 1.165) is 29.7 Å². The van der Waals surface area contributed by atoms with Gasteiger partial charge in [0.2, 0.25) is 11.0 Å². The fourth-order valence-corrected chi connectivity index (χ4v) is 6.91. The van der Waals surface area contributed by atoms with Crippen molar-refractivity contribution in [2.75, 3.05) is 23.8 Å². The molecule has 1 aromatic carbocycles. The number of anilines is 2. The molecule has 1 atom stereocenters. The van der Waals surface area contributed by atoms with Crippen LogP contribution in [0.25, 0.3) is 0 Å². The summed E-state index contributed by atoms with van der Waals surface area (Å²) in [6.45, 7) is 6.08. The highest BCUT2D eigenvalue weighted by molar-refractivity contribution is 8.02. The molecule has 0 radical (unpaired) electrons. The number of hydrogen-bond acceptors (Lipinski definition) is 10. The molecular formula is C24H26N4O5S3. The van der Waals surface area contributed by atoms with Gasteiger partial charge in [0.25, 0.3) is 5.91 Å². The van der Waals surface area contributed by atoms with Crippen LogP contribution in [-0.4, -0.2) is 46.4 Å². The largest absolute Gasteiger partial charge is 0.493 e. The summed E-state index contributed by atoms with van der Waals surface area (Å²) in [6, 6.07) is 6.96. The average Bonchev–Trinajstić information content (AvgIpc) is 3.56. The Bertz CT molecular complexity index is 1270. The maximum atomic E-state index is 12.9. The number of nitrogens with one attached hydrogen (secondary N) is 2. The second-order valence-corrected chi connectivity index (χ2v) is 11.5. The molecule has 1 unspecified atom stereocenters. The minimum Gasteiger partial charge on any atom is -0.493 e. The van der Waals surface area contributed by atoms with Crippen LogP contribution < -0.4 is 15.4 Å². The lowest BCUT2D eigenvalue weighted by Gasteiger charge is -2.11. The normalized spacial score (nSPS) is 13.1. The van der Waals surface area contributed by atoms with Crippen LogP contribution in [0.2, 0.25) is 0 Å². The zero-order valence-corrected chi connectivity index (χ0v) is 22.5. The summed E-state index contributed by atoms with van der Waals surface area (Å²) < 4.78 is 11.3. The highest BCUT2D eigenvalue weighted by Gasteiger charge is 2.29. The highest BCUT2D eigenvalue weighted by Crippen LogP contribution is 2.40. The third-order valence-corrected chi connectivity index (χ3v) is 8.57. The number of ether oxygens (including phenoxy) is 2. The Morgan fingerprint density at radius 1 is 1.08 bits per heavy atom. The Labute approximate surface area is 221 Å². The van der Waals surface area contributed by atoms with Gasteiger partial charge < -0.3 is 14.8 Å². The number of benzene rings is 1. The number of para-hydroxylation sites is 1. The van der Waals surface area contributed by atoms with Gasteiger partial charge in [0.05, 0.1) is 29.6 Å². The lowest BCUT2D eigenvalue weighted by Crippen LogP contribution is -2.23. The summed E-state index contributed by atoms with van der Waals surface area (Å²) in [5.74, 6) is -0.516. The smallest absolute Gasteiger partial charge is 0.341 e. The third-order valence-electron chi connectivity index (χ3n) is 5.34. The first-order chi connectivity index (χ1) is 17.4. The fourth-order valence-electron chi connectivity index (χ4n) is 3.74. The van der Waals surface area contributed by atoms with Gasteiger partial charge in [-0.05, 0) is 57.7 Å². The number of rotatable bonds is 10. The van der Waals surface area contributed by atoms with E-state index in [-0.39, 0.29) is 18.4 Å². The van der Waals surface area contributed by atoms with Gasteiger partial charge in [-0.25, -0.2) is 4.79 Å². The molecular weight excluding hydrogens is 520 g/mol. The lowest BCUT2D eigenvalue weighted by molar-refractivity contribution is -0.115. The van der Waals surface area contributed by atoms with E-state index >= 15 is 0 Å². The van der Waals surface area contributed by atoms with Crippen LogP contribution in [0.5, 0.6) is 5.75 Å². The number of carbonyl (C=O) groups excluding carboxylic acids is 3. The summed E-state index contributed by atoms with van der Waals surface area (Å²) in [4.78, 5) is 39.3. The van der Waals surface area contributed by atoms with Gasteiger partial charge in [-0.1, -0.05) is 35.2 Å². The molecule has 2 amide bonds. The maximum Gasteiger partial charge on any atom is 0.341 e. The summed E-state index contributed by atoms with van der Waals surface area (Å²) in [6.07, 6.45) is 2.72. The second-order valence-electron chi connectivity index (χ2n) is 7.79.